The van der Waals surface area contributed by atoms with Crippen molar-refractivity contribution in [2.45, 2.75) is 226 Å². The molecule has 0 N–H and O–H groups in total. The van der Waals surface area contributed by atoms with E-state index in [2.05, 4.69) is 55.4 Å². The Labute approximate surface area is 753 Å². The van der Waals surface area contributed by atoms with Crippen molar-refractivity contribution in [3.05, 3.63) is 0 Å². The van der Waals surface area contributed by atoms with E-state index >= 15 is 0 Å². The van der Waals surface area contributed by atoms with Crippen LogP contribution in [-0.4, -0.2) is 338 Å². The van der Waals surface area contributed by atoms with Gasteiger partial charge in [0.15, 0.2) is 0 Å². The molecule has 0 radical (unpaired) electrons. The Morgan fingerprint density at radius 3 is 0.274 bits per heavy atom. The van der Waals surface area contributed by atoms with Crippen LogP contribution in [0.3, 0.4) is 0 Å². The van der Waals surface area contributed by atoms with Crippen molar-refractivity contribution in [1.82, 2.24) is 0 Å². The zero-order valence-electron chi connectivity index (χ0n) is 67.2. The van der Waals surface area contributed by atoms with Crippen LogP contribution >= 0.6 is 94.1 Å². The third kappa shape index (κ3) is 177. The molecule has 0 aliphatic heterocycles. The van der Waals surface area contributed by atoms with E-state index < -0.39 is 16.2 Å². The largest absolute Gasteiger partial charge is 0.380 e. The van der Waals surface area contributed by atoms with Crippen LogP contribution in [0.2, 0.25) is 0 Å². The Morgan fingerprint density at radius 2 is 0.195 bits per heavy atom. The molecule has 0 saturated heterocycles. The average molecular weight is 1820 g/mol. The van der Waals surface area contributed by atoms with Crippen molar-refractivity contribution in [3.8, 4) is 0 Å². The first-order chi connectivity index (χ1) is 47.2. The minimum absolute atomic E-state index is 0. The molecule has 0 aromatic heterocycles. The fraction of sp³-hybridized carbons (Fsp3) is 1.00. The Hall–Kier alpha value is 2.08. The molecule has 0 amide bonds. The molecule has 0 heterocycles. The van der Waals surface area contributed by atoms with E-state index in [4.69, 9.17) is 85.3 Å². The van der Waals surface area contributed by atoms with Crippen LogP contribution < -0.4 is 0 Å². The smallest absolute Gasteiger partial charge is 0.0700 e. The van der Waals surface area contributed by atoms with Gasteiger partial charge in [0, 0.05) is 52.9 Å². The number of rotatable bonds is 64. The van der Waals surface area contributed by atoms with Gasteiger partial charge in [-0.2, -0.15) is 94.1 Å². The highest BCUT2D eigenvalue weighted by Crippen LogP contribution is 2.28. The van der Waals surface area contributed by atoms with Crippen LogP contribution in [0.5, 0.6) is 0 Å². The van der Waals surface area contributed by atoms with Crippen molar-refractivity contribution in [1.29, 1.82) is 0 Å². The molecule has 113 heavy (non-hydrogen) atoms. The summed E-state index contributed by atoms with van der Waals surface area (Å²) in [5.74, 6) is 0. The lowest BCUT2D eigenvalue weighted by molar-refractivity contribution is -0.162. The Morgan fingerprint density at radius 1 is 0.124 bits per heavy atom. The third-order valence-electron chi connectivity index (χ3n) is 10.7. The summed E-state index contributed by atoms with van der Waals surface area (Å²) in [4.78, 5) is 0. The molecule has 728 valence electrons. The topological polar surface area (TPSA) is 166 Å². The highest BCUT2D eigenvalue weighted by atomic mass is 32.2. The predicted molar refractivity (Wildman–Crippen MR) is 548 cm³/mol. The van der Waals surface area contributed by atoms with Gasteiger partial charge in [0.05, 0.1) is 201 Å². The second-order valence-corrected chi connectivity index (χ2v) is 28.6. The standard InChI is InChI=1S/C55H112O18.8C2H6S.16CH4/c1-9-17-56-25-33-64-41-53(42-65-34-26-57-18-10-2,43-66-35-27-58-19-11-3)49-72-51-55(47-70-39-31-62-23-15-7,48-71-40-32-63-24-16-8)52-73-50-54(44-67-36-28-59-20-12-4,45-68-37-29-60-21-13-5)46-69-38-30-61-22-14-6;8*1-3-2;;;;;;;;;;;;;;;;/h9-52H2,1-8H3;8*1-2H3;16*1H4. The van der Waals surface area contributed by atoms with Gasteiger partial charge in [0.2, 0.25) is 0 Å². The maximum absolute atomic E-state index is 6.91. The van der Waals surface area contributed by atoms with Crippen molar-refractivity contribution < 1.29 is 85.3 Å². The van der Waals surface area contributed by atoms with Crippen molar-refractivity contribution in [2.75, 3.05) is 338 Å². The summed E-state index contributed by atoms with van der Waals surface area (Å²) in [5.41, 5.74) is -2.18. The number of hydrogen-bond donors (Lipinski definition) is 0. The zero-order chi connectivity index (χ0) is 75.0. The van der Waals surface area contributed by atoms with E-state index in [-0.39, 0.29) is 158 Å². The van der Waals surface area contributed by atoms with E-state index in [1.165, 1.54) is 0 Å². The fourth-order valence-corrected chi connectivity index (χ4v) is 6.94. The first kappa shape index (κ1) is 185. The highest BCUT2D eigenvalue weighted by molar-refractivity contribution is 7.99. The van der Waals surface area contributed by atoms with Gasteiger partial charge in [-0.15, -0.1) is 0 Å². The molecular weight excluding hydrogens is 1590 g/mol. The Bertz CT molecular complexity index is 1060. The van der Waals surface area contributed by atoms with Crippen LogP contribution in [0.1, 0.15) is 226 Å². The maximum atomic E-state index is 6.91. The molecule has 0 aromatic carbocycles. The Kier molecular flexibility index (Phi) is 294. The molecular formula is C87H224O18S8. The van der Waals surface area contributed by atoms with Crippen LogP contribution in [0, 0.1) is 16.2 Å². The Balaban J connectivity index is -0.0000000744. The first-order valence-corrected chi connectivity index (χ1v) is 47.9. The lowest BCUT2D eigenvalue weighted by Crippen LogP contribution is -2.48. The molecule has 0 saturated carbocycles. The molecule has 0 atom stereocenters. The molecule has 26 heteroatoms. The summed E-state index contributed by atoms with van der Waals surface area (Å²) < 4.78 is 111. The lowest BCUT2D eigenvalue weighted by Gasteiger charge is -2.38. The first-order valence-electron chi connectivity index (χ1n) is 34.8. The summed E-state index contributed by atoms with van der Waals surface area (Å²) in [5, 5.41) is 0. The van der Waals surface area contributed by atoms with Crippen molar-refractivity contribution in [2.24, 2.45) is 16.2 Å². The van der Waals surface area contributed by atoms with Crippen LogP contribution in [0.25, 0.3) is 0 Å². The predicted octanol–water partition coefficient (Wildman–Crippen LogP) is 25.5. The van der Waals surface area contributed by atoms with Crippen LogP contribution in [0.15, 0.2) is 0 Å². The van der Waals surface area contributed by atoms with E-state index in [0.29, 0.717) is 198 Å². The van der Waals surface area contributed by atoms with E-state index in [1.54, 1.807) is 94.1 Å². The second kappa shape index (κ2) is 180. The summed E-state index contributed by atoms with van der Waals surface area (Å²) >= 11 is 14.0. The van der Waals surface area contributed by atoms with Crippen LogP contribution in [-0.2, 0) is 85.3 Å². The highest BCUT2D eigenvalue weighted by Gasteiger charge is 2.39. The lowest BCUT2D eigenvalue weighted by atomic mass is 9.89. The average Bonchev–Trinajstić information content (AvgIpc) is 0.844. The number of thioether (sulfide) groups is 8. The van der Waals surface area contributed by atoms with Gasteiger partial charge >= 0.3 is 0 Å². The molecule has 0 spiro atoms. The monoisotopic (exact) mass is 1810 g/mol. The van der Waals surface area contributed by atoms with Crippen molar-refractivity contribution in [3.63, 3.8) is 0 Å². The molecule has 0 unspecified atom stereocenters. The van der Waals surface area contributed by atoms with Gasteiger partial charge in [0.1, 0.15) is 0 Å². The minimum Gasteiger partial charge on any atom is -0.380 e. The van der Waals surface area contributed by atoms with Gasteiger partial charge in [-0.05, 0) is 151 Å². The summed E-state index contributed by atoms with van der Waals surface area (Å²) in [6.07, 6.45) is 40.1. The summed E-state index contributed by atoms with van der Waals surface area (Å²) in [6.45, 7) is 32.5. The van der Waals surface area contributed by atoms with E-state index in [1.807, 2.05) is 100 Å². The SMILES string of the molecule is C.C.C.C.C.C.C.C.C.C.C.C.C.C.C.C.CCCOCCOCC(COCCOCCC)(COCCOCCC)COCC(COCCOCCC)(COCCOCCC)COCC(COCCOCCC)(COCCOCCC)COCCOCCC.CSC.CSC.CSC.CSC.CSC.CSC.CSC.CSC. The quantitative estimate of drug-likeness (QED) is 0.0527. The maximum Gasteiger partial charge on any atom is 0.0700 e. The van der Waals surface area contributed by atoms with Gasteiger partial charge < -0.3 is 85.3 Å². The van der Waals surface area contributed by atoms with E-state index in [0.717, 1.165) is 51.4 Å². The van der Waals surface area contributed by atoms with Gasteiger partial charge in [0.25, 0.3) is 0 Å². The minimum atomic E-state index is -0.788. The van der Waals surface area contributed by atoms with Crippen LogP contribution in [0.4, 0.5) is 0 Å². The molecule has 0 aromatic rings. The normalized spacial score (nSPS) is 9.35. The number of ether oxygens (including phenoxy) is 18. The summed E-state index contributed by atoms with van der Waals surface area (Å²) in [7, 11) is 0. The summed E-state index contributed by atoms with van der Waals surface area (Å²) in [6, 6.07) is 0. The van der Waals surface area contributed by atoms with E-state index in [9.17, 15) is 0 Å². The second-order valence-electron chi connectivity index (χ2n) is 22.1. The van der Waals surface area contributed by atoms with Crippen molar-refractivity contribution >= 4 is 94.1 Å². The molecule has 18 nitrogen and oxygen atoms in total. The molecule has 0 rings (SSSR count). The molecule has 0 fully saturated rings. The fourth-order valence-electron chi connectivity index (χ4n) is 6.94. The van der Waals surface area contributed by atoms with Gasteiger partial charge in [-0.3, -0.25) is 0 Å². The molecule has 0 aliphatic rings. The van der Waals surface area contributed by atoms with Gasteiger partial charge in [-0.25, -0.2) is 0 Å². The molecule has 0 bridgehead atoms. The zero-order valence-corrected chi connectivity index (χ0v) is 73.8. The van der Waals surface area contributed by atoms with Gasteiger partial charge in [-0.1, -0.05) is 174 Å². The molecule has 0 aliphatic carbocycles. The third-order valence-corrected chi connectivity index (χ3v) is 10.7. The number of hydrogen-bond acceptors (Lipinski definition) is 26.